The Labute approximate surface area is 364 Å². The first kappa shape index (κ1) is 51.9. The van der Waals surface area contributed by atoms with E-state index in [2.05, 4.69) is 106 Å². The number of Topliss-reactive ketones (excluding diaryl/α,β-unsaturated/α-hetero) is 1. The number of fused-ring (bicyclic) bond motifs is 1. The summed E-state index contributed by atoms with van der Waals surface area (Å²) in [4.78, 5) is 32.3. The molecule has 2 fully saturated rings. The molecule has 3 rings (SSSR count). The van der Waals surface area contributed by atoms with Crippen molar-refractivity contribution in [1.29, 1.82) is 0 Å². The number of hydrogen-bond acceptors (Lipinski definition) is 9. The Morgan fingerprint density at radius 3 is 2.02 bits per heavy atom. The van der Waals surface area contributed by atoms with Crippen molar-refractivity contribution >= 4 is 42.8 Å². The van der Waals surface area contributed by atoms with Crippen LogP contribution in [0.5, 0.6) is 0 Å². The highest BCUT2D eigenvalue weighted by molar-refractivity contribution is 6.74. The molecule has 0 saturated carbocycles. The number of carbonyl (C=O) groups is 2. The maximum absolute atomic E-state index is 15.2. The van der Waals surface area contributed by atoms with Crippen molar-refractivity contribution in [3.63, 3.8) is 0 Å². The molecule has 59 heavy (non-hydrogen) atoms. The maximum Gasteiger partial charge on any atom is 0.309 e. The topological polar surface area (TPSA) is 100 Å². The van der Waals surface area contributed by atoms with Gasteiger partial charge >= 0.3 is 5.97 Å². The first-order chi connectivity index (χ1) is 27.3. The molecule has 1 aromatic heterocycles. The van der Waals surface area contributed by atoms with Gasteiger partial charge in [0.2, 0.25) is 0 Å². The lowest BCUT2D eigenvalue weighted by atomic mass is 9.73. The summed E-state index contributed by atoms with van der Waals surface area (Å²) in [5.41, 5.74) is 0.673. The minimum Gasteiger partial charge on any atom is -0.458 e. The fourth-order valence-electron chi connectivity index (χ4n) is 9.54. The van der Waals surface area contributed by atoms with Crippen LogP contribution in [0.2, 0.25) is 54.4 Å². The van der Waals surface area contributed by atoms with Crippen molar-refractivity contribution in [2.45, 2.75) is 227 Å². The molecule has 2 saturated heterocycles. The summed E-state index contributed by atoms with van der Waals surface area (Å²) in [7, 11) is -6.28. The van der Waals surface area contributed by atoms with Gasteiger partial charge in [0.25, 0.3) is 0 Å². The molecule has 2 aliphatic heterocycles. The largest absolute Gasteiger partial charge is 0.458 e. The van der Waals surface area contributed by atoms with E-state index in [1.54, 1.807) is 0 Å². The Morgan fingerprint density at radius 1 is 0.949 bits per heavy atom. The predicted octanol–water partition coefficient (Wildman–Crippen LogP) is 12.4. The van der Waals surface area contributed by atoms with E-state index >= 15 is 4.79 Å². The molecule has 0 aliphatic carbocycles. The lowest BCUT2D eigenvalue weighted by Crippen LogP contribution is -2.53. The highest BCUT2D eigenvalue weighted by atomic mass is 28.4. The van der Waals surface area contributed by atoms with Gasteiger partial charge < -0.3 is 22.5 Å². The van der Waals surface area contributed by atoms with Crippen LogP contribution >= 0.6 is 0 Å². The van der Waals surface area contributed by atoms with Gasteiger partial charge in [-0.05, 0) is 106 Å². The number of hydrogen-bond donors (Lipinski definition) is 0. The third-order valence-corrected chi connectivity index (χ3v) is 29.6. The molecule has 0 radical (unpaired) electrons. The monoisotopic (exact) mass is 877 g/mol. The smallest absolute Gasteiger partial charge is 0.309 e. The third kappa shape index (κ3) is 12.4. The molecule has 0 N–H and O–H groups in total. The fraction of sp³-hybridized carbons (Fsp3) is 0.851. The van der Waals surface area contributed by atoms with E-state index < -0.39 is 42.6 Å². The van der Waals surface area contributed by atoms with Crippen molar-refractivity contribution in [2.75, 3.05) is 13.2 Å². The summed E-state index contributed by atoms with van der Waals surface area (Å²) in [5, 5.41) is 4.24. The van der Waals surface area contributed by atoms with Gasteiger partial charge in [0.05, 0.1) is 24.3 Å². The zero-order chi connectivity index (χ0) is 44.8. The molecule has 3 heterocycles. The number of ketones is 1. The molecular formula is C47H88N2O7Si3. The van der Waals surface area contributed by atoms with Crippen molar-refractivity contribution < 1.29 is 32.1 Å². The third-order valence-electron chi connectivity index (χ3n) is 15.8. The van der Waals surface area contributed by atoms with Gasteiger partial charge in [0.15, 0.2) is 30.7 Å². The summed E-state index contributed by atoms with van der Waals surface area (Å²) < 4.78 is 33.6. The van der Waals surface area contributed by atoms with Crippen LogP contribution in [0.25, 0.3) is 6.08 Å². The Kier molecular flexibility index (Phi) is 18.3. The minimum absolute atomic E-state index is 0.00997. The van der Waals surface area contributed by atoms with Crippen molar-refractivity contribution in [3.05, 3.63) is 23.1 Å². The SMILES string of the molecule is CC[Si](CC)(CC)OC1[C@@H](C)CCC[C@]2(C)[C@H](C[C@@H](/C(C)=C/c3cc(C)no3)OC(=O)C[C@H](O[Si](CC)(CC)CC)C(C)(C)C(=O)[C@@H]1C)N2CCO[Si](C)(C)C(C)(C)C. The second-order valence-corrected chi connectivity index (χ2v) is 35.0. The van der Waals surface area contributed by atoms with E-state index in [9.17, 15) is 4.79 Å². The van der Waals surface area contributed by atoms with Gasteiger partial charge in [0, 0.05) is 48.6 Å². The van der Waals surface area contributed by atoms with Gasteiger partial charge in [0.1, 0.15) is 11.9 Å². The summed E-state index contributed by atoms with van der Waals surface area (Å²) >= 11 is 0. The lowest BCUT2D eigenvalue weighted by molar-refractivity contribution is -0.153. The fourth-order valence-corrected chi connectivity index (χ4v) is 16.6. The van der Waals surface area contributed by atoms with Crippen LogP contribution in [0, 0.1) is 24.2 Å². The number of esters is 1. The Balaban J connectivity index is 2.16. The molecule has 340 valence electrons. The van der Waals surface area contributed by atoms with Crippen LogP contribution in [0.1, 0.15) is 147 Å². The van der Waals surface area contributed by atoms with E-state index in [1.165, 1.54) is 0 Å². The van der Waals surface area contributed by atoms with Gasteiger partial charge in [-0.15, -0.1) is 0 Å². The second-order valence-electron chi connectivity index (χ2n) is 20.8. The lowest BCUT2D eigenvalue weighted by Gasteiger charge is -2.44. The molecule has 9 nitrogen and oxygen atoms in total. The molecule has 0 bridgehead atoms. The van der Waals surface area contributed by atoms with Crippen LogP contribution in [0.3, 0.4) is 0 Å². The van der Waals surface area contributed by atoms with Crippen LogP contribution in [-0.2, 0) is 27.6 Å². The number of cyclic esters (lactones) is 1. The van der Waals surface area contributed by atoms with E-state index in [-0.39, 0.29) is 52.7 Å². The highest BCUT2D eigenvalue weighted by Gasteiger charge is 2.59. The van der Waals surface area contributed by atoms with E-state index in [0.717, 1.165) is 73.3 Å². The molecule has 2 unspecified atom stereocenters. The standard InChI is InChI=1S/C47H88N2O7Si3/c1-19-58(20-2,21-3)55-41-33-42(50)53-39(35(8)30-38-31-36(9)48-54-38)32-40-47(16,49(40)28-29-52-57(17,18)45(11,12)13)27-25-26-34(7)43(37(10)44(51)46(41,14)15)56-59(22-4,23-5)24-6/h30-31,34,37,39-41,43H,19-29,32-33H2,1-18H3/b35-30+/t34-,37+,39-,40-,41-,43?,47+,49?/m0/s1. The van der Waals surface area contributed by atoms with Crippen LogP contribution in [0.4, 0.5) is 0 Å². The Hall–Kier alpha value is -1.42. The average molecular weight is 877 g/mol. The summed E-state index contributed by atoms with van der Waals surface area (Å²) in [6.07, 6.45) is 4.29. The summed E-state index contributed by atoms with van der Waals surface area (Å²) in [6, 6.07) is 7.94. The first-order valence-corrected chi connectivity index (χ1v) is 31.4. The van der Waals surface area contributed by atoms with Crippen LogP contribution in [0.15, 0.2) is 16.2 Å². The number of rotatable bonds is 16. The Morgan fingerprint density at radius 2 is 1.51 bits per heavy atom. The van der Waals surface area contributed by atoms with Gasteiger partial charge in [-0.25, -0.2) is 0 Å². The Bertz CT molecular complexity index is 1530. The number of nitrogens with zero attached hydrogens (tertiary/aromatic N) is 2. The normalized spacial score (nSPS) is 29.6. The molecule has 12 heteroatoms. The van der Waals surface area contributed by atoms with Crippen LogP contribution in [-0.4, -0.2) is 89.8 Å². The molecule has 0 aromatic carbocycles. The van der Waals surface area contributed by atoms with Crippen molar-refractivity contribution in [2.24, 2.45) is 17.3 Å². The molecular weight excluding hydrogens is 789 g/mol. The average Bonchev–Trinajstić information content (AvgIpc) is 3.47. The molecule has 0 spiro atoms. The van der Waals surface area contributed by atoms with Crippen molar-refractivity contribution in [1.82, 2.24) is 10.1 Å². The number of carbonyl (C=O) groups excluding carboxylic acids is 2. The van der Waals surface area contributed by atoms with E-state index in [0.29, 0.717) is 18.8 Å². The number of ether oxygens (including phenoxy) is 1. The maximum atomic E-state index is 15.2. The predicted molar refractivity (Wildman–Crippen MR) is 251 cm³/mol. The molecule has 2 aliphatic rings. The zero-order valence-corrected chi connectivity index (χ0v) is 44.1. The number of aromatic nitrogens is 1. The van der Waals surface area contributed by atoms with E-state index in [1.807, 2.05) is 39.8 Å². The zero-order valence-electron chi connectivity index (χ0n) is 41.1. The van der Waals surface area contributed by atoms with Gasteiger partial charge in [-0.1, -0.05) is 102 Å². The molecule has 8 atom stereocenters. The van der Waals surface area contributed by atoms with Gasteiger partial charge in [-0.3, -0.25) is 14.5 Å². The summed E-state index contributed by atoms with van der Waals surface area (Å²) in [5.74, 6) is 0.253. The highest BCUT2D eigenvalue weighted by Crippen LogP contribution is 2.49. The first-order valence-electron chi connectivity index (χ1n) is 23.5. The molecule has 1 aromatic rings. The number of aryl methyl sites for hydroxylation is 1. The van der Waals surface area contributed by atoms with Crippen LogP contribution < -0.4 is 0 Å². The van der Waals surface area contributed by atoms with E-state index in [4.69, 9.17) is 22.5 Å². The molecule has 0 amide bonds. The van der Waals surface area contributed by atoms with Gasteiger partial charge in [-0.2, -0.15) is 0 Å². The summed E-state index contributed by atoms with van der Waals surface area (Å²) in [6.45, 7) is 41.1. The second kappa shape index (κ2) is 20.8. The quantitative estimate of drug-likeness (QED) is 0.0913. The van der Waals surface area contributed by atoms with Crippen molar-refractivity contribution in [3.8, 4) is 0 Å². The minimum atomic E-state index is -2.26.